The summed E-state index contributed by atoms with van der Waals surface area (Å²) in [4.78, 5) is 32.4. The maximum absolute atomic E-state index is 14.4. The monoisotopic (exact) mass is 537 g/mol. The molecule has 1 amide bonds. The quantitative estimate of drug-likeness (QED) is 0.402. The number of aryl methyl sites for hydroxylation is 1. The smallest absolute Gasteiger partial charge is 0.290 e. The molecule has 0 radical (unpaired) electrons. The Morgan fingerprint density at radius 2 is 1.85 bits per heavy atom. The first-order chi connectivity index (χ1) is 18.7. The van der Waals surface area contributed by atoms with E-state index in [1.807, 2.05) is 0 Å². The van der Waals surface area contributed by atoms with Gasteiger partial charge >= 0.3 is 0 Å². The molecule has 12 heteroatoms. The number of carbonyl (C=O) groups excluding carboxylic acids is 1. The molecule has 1 N–H and O–H groups in total. The van der Waals surface area contributed by atoms with Crippen LogP contribution in [0.25, 0.3) is 17.1 Å². The summed E-state index contributed by atoms with van der Waals surface area (Å²) in [7, 11) is 4.54. The van der Waals surface area contributed by atoms with Crippen molar-refractivity contribution in [2.45, 2.75) is 12.3 Å². The minimum atomic E-state index is -0.946. The van der Waals surface area contributed by atoms with E-state index in [4.69, 9.17) is 9.47 Å². The van der Waals surface area contributed by atoms with Gasteiger partial charge in [-0.15, -0.1) is 0 Å². The summed E-state index contributed by atoms with van der Waals surface area (Å²) in [6.45, 7) is 0.268. The Bertz CT molecular complexity index is 1610. The van der Waals surface area contributed by atoms with Crippen molar-refractivity contribution < 1.29 is 28.2 Å². The second kappa shape index (κ2) is 10.2. The summed E-state index contributed by atoms with van der Waals surface area (Å²) in [5.74, 6) is -2.66. The van der Waals surface area contributed by atoms with Crippen molar-refractivity contribution >= 4 is 5.91 Å². The number of carbonyl (C=O) groups is 1. The van der Waals surface area contributed by atoms with Crippen molar-refractivity contribution in [2.24, 2.45) is 7.05 Å². The Labute approximate surface area is 221 Å². The van der Waals surface area contributed by atoms with Gasteiger partial charge in [-0.25, -0.2) is 8.78 Å². The number of hydrogen-bond acceptors (Lipinski definition) is 7. The second-order valence-electron chi connectivity index (χ2n) is 9.09. The van der Waals surface area contributed by atoms with E-state index in [9.17, 15) is 23.5 Å². The molecule has 1 atom stereocenters. The van der Waals surface area contributed by atoms with Crippen molar-refractivity contribution in [3.05, 3.63) is 81.9 Å². The van der Waals surface area contributed by atoms with E-state index in [1.54, 1.807) is 31.4 Å². The molecule has 1 fully saturated rings. The van der Waals surface area contributed by atoms with Crippen molar-refractivity contribution in [3.8, 4) is 34.5 Å². The third-order valence-electron chi connectivity index (χ3n) is 6.75. The molecule has 4 aromatic rings. The number of likely N-dealkylation sites (tertiary alicyclic amines) is 1. The molecule has 2 aromatic heterocycles. The molecule has 1 aliphatic heterocycles. The molecular weight excluding hydrogens is 512 g/mol. The van der Waals surface area contributed by atoms with Crippen LogP contribution in [-0.2, 0) is 7.05 Å². The van der Waals surface area contributed by atoms with E-state index in [0.717, 1.165) is 12.1 Å². The van der Waals surface area contributed by atoms with Gasteiger partial charge in [-0.3, -0.25) is 18.8 Å². The zero-order valence-electron chi connectivity index (χ0n) is 21.4. The number of amides is 1. The van der Waals surface area contributed by atoms with Crippen LogP contribution in [0.2, 0.25) is 0 Å². The predicted octanol–water partition coefficient (Wildman–Crippen LogP) is 3.26. The number of aromatic nitrogens is 4. The fourth-order valence-corrected chi connectivity index (χ4v) is 4.88. The highest BCUT2D eigenvalue weighted by Gasteiger charge is 2.34. The van der Waals surface area contributed by atoms with Gasteiger partial charge in [0, 0.05) is 38.3 Å². The van der Waals surface area contributed by atoms with Crippen LogP contribution in [0.1, 0.15) is 28.3 Å². The SMILES string of the molecule is COc1cccc(OC)c1-n1c(-c2cnn(C)c2)nc(=O)c(C(=O)N2CCC(c3ccc(F)cc3F)C2)c1O. The lowest BCUT2D eigenvalue weighted by Crippen LogP contribution is -2.34. The van der Waals surface area contributed by atoms with Crippen LogP contribution in [-0.4, -0.2) is 62.6 Å². The van der Waals surface area contributed by atoms with Crippen LogP contribution >= 0.6 is 0 Å². The zero-order valence-corrected chi connectivity index (χ0v) is 21.4. The van der Waals surface area contributed by atoms with Crippen molar-refractivity contribution in [2.75, 3.05) is 27.3 Å². The van der Waals surface area contributed by atoms with E-state index in [-0.39, 0.29) is 41.7 Å². The van der Waals surface area contributed by atoms with Crippen LogP contribution in [0, 0.1) is 11.6 Å². The zero-order chi connectivity index (χ0) is 27.8. The third-order valence-corrected chi connectivity index (χ3v) is 6.75. The highest BCUT2D eigenvalue weighted by molar-refractivity contribution is 5.97. The lowest BCUT2D eigenvalue weighted by atomic mass is 9.98. The summed E-state index contributed by atoms with van der Waals surface area (Å²) in [6, 6.07) is 8.26. The van der Waals surface area contributed by atoms with E-state index < -0.39 is 40.5 Å². The predicted molar refractivity (Wildman–Crippen MR) is 136 cm³/mol. The molecule has 3 heterocycles. The molecule has 1 unspecified atom stereocenters. The van der Waals surface area contributed by atoms with Gasteiger partial charge in [0.2, 0.25) is 5.88 Å². The van der Waals surface area contributed by atoms with E-state index in [0.29, 0.717) is 12.0 Å². The van der Waals surface area contributed by atoms with Gasteiger partial charge in [-0.2, -0.15) is 10.1 Å². The number of aromatic hydroxyl groups is 1. The molecule has 0 spiro atoms. The first-order valence-corrected chi connectivity index (χ1v) is 12.0. The largest absolute Gasteiger partial charge is 0.494 e. The molecule has 5 rings (SSSR count). The highest BCUT2D eigenvalue weighted by atomic mass is 19.1. The number of hydrogen-bond donors (Lipinski definition) is 1. The summed E-state index contributed by atoms with van der Waals surface area (Å²) >= 11 is 0. The van der Waals surface area contributed by atoms with Crippen LogP contribution in [0.4, 0.5) is 8.78 Å². The minimum absolute atomic E-state index is 0.0117. The van der Waals surface area contributed by atoms with Gasteiger partial charge in [-0.1, -0.05) is 12.1 Å². The molecular formula is C27H25F2N5O5. The number of halogens is 2. The summed E-state index contributed by atoms with van der Waals surface area (Å²) in [6.07, 6.45) is 3.46. The van der Waals surface area contributed by atoms with E-state index >= 15 is 0 Å². The first-order valence-electron chi connectivity index (χ1n) is 12.0. The number of ether oxygens (including phenoxy) is 2. The van der Waals surface area contributed by atoms with Gasteiger partial charge in [0.1, 0.15) is 28.8 Å². The number of para-hydroxylation sites is 1. The summed E-state index contributed by atoms with van der Waals surface area (Å²) < 4.78 is 41.5. The molecule has 39 heavy (non-hydrogen) atoms. The molecule has 1 aliphatic rings. The maximum atomic E-state index is 14.4. The normalized spacial score (nSPS) is 15.0. The van der Waals surface area contributed by atoms with Crippen molar-refractivity contribution in [1.82, 2.24) is 24.2 Å². The van der Waals surface area contributed by atoms with Gasteiger partial charge < -0.3 is 19.5 Å². The van der Waals surface area contributed by atoms with E-state index in [1.165, 1.54) is 40.6 Å². The number of benzene rings is 2. The van der Waals surface area contributed by atoms with E-state index in [2.05, 4.69) is 10.1 Å². The summed E-state index contributed by atoms with van der Waals surface area (Å²) in [5, 5.41) is 15.7. The maximum Gasteiger partial charge on any atom is 0.290 e. The minimum Gasteiger partial charge on any atom is -0.494 e. The number of nitrogens with zero attached hydrogens (tertiary/aromatic N) is 5. The number of methoxy groups -OCH3 is 2. The lowest BCUT2D eigenvalue weighted by molar-refractivity contribution is 0.0784. The average Bonchev–Trinajstić information content (AvgIpc) is 3.57. The van der Waals surface area contributed by atoms with Crippen molar-refractivity contribution in [1.29, 1.82) is 0 Å². The highest BCUT2D eigenvalue weighted by Crippen LogP contribution is 2.39. The van der Waals surface area contributed by atoms with Crippen LogP contribution in [0.3, 0.4) is 0 Å². The first kappa shape index (κ1) is 25.9. The van der Waals surface area contributed by atoms with Crippen LogP contribution in [0.5, 0.6) is 17.4 Å². The molecule has 202 valence electrons. The lowest BCUT2D eigenvalue weighted by Gasteiger charge is -2.22. The second-order valence-corrected chi connectivity index (χ2v) is 9.09. The molecule has 0 aliphatic carbocycles. The Kier molecular flexibility index (Phi) is 6.77. The number of rotatable bonds is 6. The van der Waals surface area contributed by atoms with Crippen LogP contribution < -0.4 is 15.0 Å². The van der Waals surface area contributed by atoms with Crippen LogP contribution in [0.15, 0.2) is 53.6 Å². The van der Waals surface area contributed by atoms with Gasteiger partial charge in [0.25, 0.3) is 11.5 Å². The molecule has 0 saturated carbocycles. The molecule has 2 aromatic carbocycles. The molecule has 10 nitrogen and oxygen atoms in total. The van der Waals surface area contributed by atoms with Gasteiger partial charge in [0.15, 0.2) is 11.4 Å². The third kappa shape index (κ3) is 4.58. The Morgan fingerprint density at radius 3 is 2.46 bits per heavy atom. The Hall–Kier alpha value is -4.74. The fraction of sp³-hybridized carbons (Fsp3) is 0.259. The molecule has 1 saturated heterocycles. The topological polar surface area (TPSA) is 112 Å². The van der Waals surface area contributed by atoms with Crippen molar-refractivity contribution in [3.63, 3.8) is 0 Å². The summed E-state index contributed by atoms with van der Waals surface area (Å²) in [5.41, 5.74) is -0.621. The molecule has 0 bridgehead atoms. The fourth-order valence-electron chi connectivity index (χ4n) is 4.88. The Balaban J connectivity index is 1.63. The average molecular weight is 538 g/mol. The van der Waals surface area contributed by atoms with Gasteiger partial charge in [0.05, 0.1) is 26.0 Å². The standard InChI is InChI=1S/C27H25F2N5O5/c1-32-13-16(12-30-32)24-31-25(35)22(27(37)34(24)23-20(38-2)5-4-6-21(23)39-3)26(36)33-10-9-15(14-33)18-8-7-17(28)11-19(18)29/h4-8,11-13,15,37H,9-10,14H2,1-3H3. The Morgan fingerprint density at radius 1 is 1.13 bits per heavy atom. The van der Waals surface area contributed by atoms with Gasteiger partial charge in [-0.05, 0) is 30.2 Å².